The highest BCUT2D eigenvalue weighted by Gasteiger charge is 2.20. The van der Waals surface area contributed by atoms with Crippen LogP contribution >= 0.6 is 0 Å². The molecule has 2 N–H and O–H groups in total. The molecule has 0 fully saturated rings. The molecule has 3 rings (SSSR count). The Balaban J connectivity index is 1.95. The van der Waals surface area contributed by atoms with Crippen LogP contribution in [0.25, 0.3) is 10.9 Å². The van der Waals surface area contributed by atoms with Gasteiger partial charge < -0.3 is 14.7 Å². The van der Waals surface area contributed by atoms with Gasteiger partial charge in [0.2, 0.25) is 5.56 Å². The standard InChI is InChI=1S/C18H17N3O5/c1-18(2,3)12-9-15(22)20-13-8-10(4-5-11(12)13)19-17(23)14-6-7-16(26-14)21(24)25/h4-9H,1-3H3,(H,19,23)(H,20,22). The van der Waals surface area contributed by atoms with E-state index in [1.54, 1.807) is 18.2 Å². The third-order valence-electron chi connectivity index (χ3n) is 3.90. The maximum absolute atomic E-state index is 12.2. The van der Waals surface area contributed by atoms with Crippen molar-refractivity contribution >= 4 is 28.4 Å². The fraction of sp³-hybridized carbons (Fsp3) is 0.222. The molecular weight excluding hydrogens is 338 g/mol. The molecule has 0 radical (unpaired) electrons. The number of pyridine rings is 1. The van der Waals surface area contributed by atoms with Crippen molar-refractivity contribution in [3.63, 3.8) is 0 Å². The second-order valence-corrected chi connectivity index (χ2v) is 6.91. The summed E-state index contributed by atoms with van der Waals surface area (Å²) in [4.78, 5) is 36.8. The van der Waals surface area contributed by atoms with Crippen LogP contribution in [-0.4, -0.2) is 15.8 Å². The predicted molar refractivity (Wildman–Crippen MR) is 96.6 cm³/mol. The van der Waals surface area contributed by atoms with Crippen molar-refractivity contribution in [3.05, 3.63) is 68.2 Å². The maximum atomic E-state index is 12.2. The molecule has 8 heteroatoms. The van der Waals surface area contributed by atoms with E-state index in [0.717, 1.165) is 17.0 Å². The lowest BCUT2D eigenvalue weighted by molar-refractivity contribution is -0.402. The fourth-order valence-corrected chi connectivity index (χ4v) is 2.70. The molecule has 0 bridgehead atoms. The smallest absolute Gasteiger partial charge is 0.395 e. The van der Waals surface area contributed by atoms with Crippen molar-refractivity contribution in [1.29, 1.82) is 0 Å². The van der Waals surface area contributed by atoms with E-state index in [2.05, 4.69) is 10.3 Å². The number of aromatic nitrogens is 1. The molecule has 0 atom stereocenters. The van der Waals surface area contributed by atoms with E-state index in [1.807, 2.05) is 26.8 Å². The number of carbonyl (C=O) groups excluding carboxylic acids is 1. The molecule has 26 heavy (non-hydrogen) atoms. The van der Waals surface area contributed by atoms with Gasteiger partial charge in [0.25, 0.3) is 5.91 Å². The van der Waals surface area contributed by atoms with Gasteiger partial charge in [-0.1, -0.05) is 26.8 Å². The van der Waals surface area contributed by atoms with Gasteiger partial charge in [-0.05, 0) is 29.2 Å². The molecule has 2 heterocycles. The van der Waals surface area contributed by atoms with Gasteiger partial charge in [-0.2, -0.15) is 0 Å². The van der Waals surface area contributed by atoms with Crippen molar-refractivity contribution in [1.82, 2.24) is 4.98 Å². The van der Waals surface area contributed by atoms with Gasteiger partial charge in [-0.25, -0.2) is 0 Å². The lowest BCUT2D eigenvalue weighted by Crippen LogP contribution is -2.17. The number of nitrogens with one attached hydrogen (secondary N) is 2. The van der Waals surface area contributed by atoms with Crippen LogP contribution in [0.3, 0.4) is 0 Å². The molecule has 1 amide bonds. The third kappa shape index (κ3) is 3.34. The van der Waals surface area contributed by atoms with Crippen LogP contribution in [0.2, 0.25) is 0 Å². The van der Waals surface area contributed by atoms with E-state index in [9.17, 15) is 19.7 Å². The predicted octanol–water partition coefficient (Wildman–Crippen LogP) is 3.58. The molecule has 0 saturated carbocycles. The summed E-state index contributed by atoms with van der Waals surface area (Å²) in [5.74, 6) is -1.30. The van der Waals surface area contributed by atoms with E-state index < -0.39 is 16.7 Å². The molecule has 0 aliphatic carbocycles. The molecule has 8 nitrogen and oxygen atoms in total. The lowest BCUT2D eigenvalue weighted by Gasteiger charge is -2.21. The summed E-state index contributed by atoms with van der Waals surface area (Å²) in [7, 11) is 0. The average molecular weight is 355 g/mol. The summed E-state index contributed by atoms with van der Waals surface area (Å²) in [5, 5.41) is 14.1. The highest BCUT2D eigenvalue weighted by molar-refractivity contribution is 6.03. The van der Waals surface area contributed by atoms with E-state index >= 15 is 0 Å². The number of H-pyrrole nitrogens is 1. The summed E-state index contributed by atoms with van der Waals surface area (Å²) in [6.07, 6.45) is 0. The van der Waals surface area contributed by atoms with E-state index in [0.29, 0.717) is 11.2 Å². The number of amides is 1. The molecule has 0 spiro atoms. The first-order chi connectivity index (χ1) is 12.1. The number of furan rings is 1. The first-order valence-electron chi connectivity index (χ1n) is 7.88. The lowest BCUT2D eigenvalue weighted by atomic mass is 9.85. The summed E-state index contributed by atoms with van der Waals surface area (Å²) in [6, 6.07) is 9.07. The Morgan fingerprint density at radius 2 is 1.92 bits per heavy atom. The van der Waals surface area contributed by atoms with Gasteiger partial charge in [0.1, 0.15) is 4.92 Å². The number of carbonyl (C=O) groups is 1. The Kier molecular flexibility index (Phi) is 4.11. The number of nitrogens with zero attached hydrogens (tertiary/aromatic N) is 1. The minimum absolute atomic E-state index is 0.172. The molecule has 3 aromatic rings. The molecule has 0 aliphatic heterocycles. The topological polar surface area (TPSA) is 118 Å². The Bertz CT molecular complexity index is 1070. The molecule has 2 aromatic heterocycles. The molecular formula is C18H17N3O5. The third-order valence-corrected chi connectivity index (χ3v) is 3.90. The Morgan fingerprint density at radius 3 is 2.54 bits per heavy atom. The number of aromatic amines is 1. The zero-order valence-electron chi connectivity index (χ0n) is 14.5. The van der Waals surface area contributed by atoms with Crippen LogP contribution in [0.5, 0.6) is 0 Å². The molecule has 0 aliphatic rings. The Hall–Kier alpha value is -3.42. The molecule has 134 valence electrons. The highest BCUT2D eigenvalue weighted by Crippen LogP contribution is 2.29. The number of rotatable bonds is 3. The van der Waals surface area contributed by atoms with Crippen LogP contribution < -0.4 is 10.9 Å². The summed E-state index contributed by atoms with van der Waals surface area (Å²) in [5.41, 5.74) is 1.47. The van der Waals surface area contributed by atoms with E-state index in [-0.39, 0.29) is 16.7 Å². The highest BCUT2D eigenvalue weighted by atomic mass is 16.6. The van der Waals surface area contributed by atoms with Gasteiger partial charge in [-0.15, -0.1) is 0 Å². The van der Waals surface area contributed by atoms with Crippen LogP contribution in [0, 0.1) is 10.1 Å². The SMILES string of the molecule is CC(C)(C)c1cc(=O)[nH]c2cc(NC(=O)c3ccc([N+](=O)[O-])o3)ccc12. The molecule has 0 unspecified atom stereocenters. The normalized spacial score (nSPS) is 11.5. The van der Waals surface area contributed by atoms with Gasteiger partial charge in [0.05, 0.1) is 11.6 Å². The maximum Gasteiger partial charge on any atom is 0.433 e. The second kappa shape index (κ2) is 6.14. The van der Waals surface area contributed by atoms with Crippen LogP contribution in [0.15, 0.2) is 45.6 Å². The first kappa shape index (κ1) is 17.4. The summed E-state index contributed by atoms with van der Waals surface area (Å²) < 4.78 is 4.88. The minimum Gasteiger partial charge on any atom is -0.395 e. The van der Waals surface area contributed by atoms with Crippen LogP contribution in [-0.2, 0) is 5.41 Å². The largest absolute Gasteiger partial charge is 0.433 e. The van der Waals surface area contributed by atoms with Crippen LogP contribution in [0.1, 0.15) is 36.9 Å². The number of nitro groups is 1. The van der Waals surface area contributed by atoms with Gasteiger partial charge >= 0.3 is 5.88 Å². The van der Waals surface area contributed by atoms with Crippen molar-refractivity contribution < 1.29 is 14.1 Å². The van der Waals surface area contributed by atoms with Gasteiger partial charge in [0.15, 0.2) is 5.76 Å². The van der Waals surface area contributed by atoms with E-state index in [1.165, 1.54) is 6.07 Å². The number of benzene rings is 1. The van der Waals surface area contributed by atoms with Gasteiger partial charge in [-0.3, -0.25) is 19.7 Å². The zero-order valence-corrected chi connectivity index (χ0v) is 14.5. The number of hydrogen-bond acceptors (Lipinski definition) is 5. The molecule has 0 saturated heterocycles. The van der Waals surface area contributed by atoms with Gasteiger partial charge in [0, 0.05) is 17.1 Å². The Morgan fingerprint density at radius 1 is 1.19 bits per heavy atom. The molecule has 1 aromatic carbocycles. The van der Waals surface area contributed by atoms with E-state index in [4.69, 9.17) is 4.42 Å². The van der Waals surface area contributed by atoms with Crippen molar-refractivity contribution in [2.75, 3.05) is 5.32 Å². The monoisotopic (exact) mass is 355 g/mol. The van der Waals surface area contributed by atoms with Crippen molar-refractivity contribution in [2.45, 2.75) is 26.2 Å². The fourth-order valence-electron chi connectivity index (χ4n) is 2.70. The zero-order chi connectivity index (χ0) is 19.1. The van der Waals surface area contributed by atoms with Crippen molar-refractivity contribution in [2.24, 2.45) is 0 Å². The number of fused-ring (bicyclic) bond motifs is 1. The quantitative estimate of drug-likeness (QED) is 0.550. The second-order valence-electron chi connectivity index (χ2n) is 6.91. The number of anilines is 1. The average Bonchev–Trinajstić information content (AvgIpc) is 3.03. The summed E-state index contributed by atoms with van der Waals surface area (Å²) >= 11 is 0. The summed E-state index contributed by atoms with van der Waals surface area (Å²) in [6.45, 7) is 6.04. The first-order valence-corrected chi connectivity index (χ1v) is 7.88. The van der Waals surface area contributed by atoms with Crippen LogP contribution in [0.4, 0.5) is 11.6 Å². The minimum atomic E-state index is -0.717. The van der Waals surface area contributed by atoms with Crippen molar-refractivity contribution in [3.8, 4) is 0 Å². The number of hydrogen-bond donors (Lipinski definition) is 2. The Labute approximate surface area is 148 Å².